The topological polar surface area (TPSA) is 57.6 Å². The Morgan fingerprint density at radius 1 is 1.07 bits per heavy atom. The van der Waals surface area contributed by atoms with E-state index in [-0.39, 0.29) is 11.0 Å². The molecule has 6 heteroatoms. The fourth-order valence-electron chi connectivity index (χ4n) is 3.08. The molecule has 154 valence electrons. The van der Waals surface area contributed by atoms with Crippen LogP contribution in [0, 0.1) is 6.92 Å². The molecule has 28 heavy (non-hydrogen) atoms. The number of phenols is 1. The zero-order valence-electron chi connectivity index (χ0n) is 17.2. The van der Waals surface area contributed by atoms with Gasteiger partial charge < -0.3 is 5.11 Å². The number of hydrogen-bond donors (Lipinski definition) is 1. The SMILES string of the molecule is CCCc1ccc(S(=O)(=O)N(CCC)CC(C)Sc2ccc(O)c(C)c2)cc1. The van der Waals surface area contributed by atoms with Gasteiger partial charge in [0.05, 0.1) is 4.90 Å². The fraction of sp³-hybridized carbons (Fsp3) is 0.455. The quantitative estimate of drug-likeness (QED) is 0.533. The van der Waals surface area contributed by atoms with E-state index < -0.39 is 10.0 Å². The van der Waals surface area contributed by atoms with E-state index in [4.69, 9.17) is 0 Å². The van der Waals surface area contributed by atoms with Gasteiger partial charge in [-0.2, -0.15) is 4.31 Å². The Morgan fingerprint density at radius 3 is 2.32 bits per heavy atom. The number of thioether (sulfide) groups is 1. The number of benzene rings is 2. The number of hydrogen-bond acceptors (Lipinski definition) is 4. The first kappa shape index (κ1) is 22.8. The molecular formula is C22H31NO3S2. The van der Waals surface area contributed by atoms with Crippen molar-refractivity contribution in [3.63, 3.8) is 0 Å². The van der Waals surface area contributed by atoms with Crippen molar-refractivity contribution >= 4 is 21.8 Å². The highest BCUT2D eigenvalue weighted by molar-refractivity contribution is 8.00. The molecule has 0 bridgehead atoms. The lowest BCUT2D eigenvalue weighted by Crippen LogP contribution is -2.36. The maximum absolute atomic E-state index is 13.2. The molecule has 0 aliphatic carbocycles. The molecule has 2 rings (SSSR count). The molecule has 1 atom stereocenters. The van der Waals surface area contributed by atoms with Gasteiger partial charge >= 0.3 is 0 Å². The number of aryl methyl sites for hydroxylation is 2. The molecule has 0 saturated heterocycles. The lowest BCUT2D eigenvalue weighted by molar-refractivity contribution is 0.413. The van der Waals surface area contributed by atoms with E-state index in [1.807, 2.05) is 45.0 Å². The third-order valence-electron chi connectivity index (χ3n) is 4.54. The maximum Gasteiger partial charge on any atom is 0.243 e. The van der Waals surface area contributed by atoms with Crippen molar-refractivity contribution in [1.29, 1.82) is 0 Å². The van der Waals surface area contributed by atoms with E-state index >= 15 is 0 Å². The molecular weight excluding hydrogens is 390 g/mol. The summed E-state index contributed by atoms with van der Waals surface area (Å²) in [7, 11) is -3.52. The van der Waals surface area contributed by atoms with Crippen molar-refractivity contribution < 1.29 is 13.5 Å². The summed E-state index contributed by atoms with van der Waals surface area (Å²) in [5.74, 6) is 0.277. The second-order valence-corrected chi connectivity index (χ2v) is 10.6. The lowest BCUT2D eigenvalue weighted by atomic mass is 10.1. The second kappa shape index (κ2) is 10.3. The molecule has 0 aliphatic heterocycles. The molecule has 0 radical (unpaired) electrons. The van der Waals surface area contributed by atoms with Crippen molar-refractivity contribution in [2.75, 3.05) is 13.1 Å². The van der Waals surface area contributed by atoms with E-state index in [0.717, 1.165) is 35.3 Å². The number of phenolic OH excluding ortho intramolecular Hbond substituents is 1. The molecule has 0 fully saturated rings. The molecule has 0 spiro atoms. The molecule has 2 aromatic carbocycles. The van der Waals surface area contributed by atoms with E-state index in [9.17, 15) is 13.5 Å². The monoisotopic (exact) mass is 421 g/mol. The Labute approximate surface area is 174 Å². The van der Waals surface area contributed by atoms with Crippen LogP contribution in [0.1, 0.15) is 44.7 Å². The minimum absolute atomic E-state index is 0.0876. The molecule has 0 aliphatic rings. The second-order valence-electron chi connectivity index (χ2n) is 7.13. The van der Waals surface area contributed by atoms with Crippen LogP contribution in [0.5, 0.6) is 5.75 Å². The predicted molar refractivity (Wildman–Crippen MR) is 118 cm³/mol. The first-order valence-electron chi connectivity index (χ1n) is 9.83. The molecule has 0 amide bonds. The van der Waals surface area contributed by atoms with Crippen molar-refractivity contribution in [3.8, 4) is 5.75 Å². The summed E-state index contributed by atoms with van der Waals surface area (Å²) in [6.07, 6.45) is 2.76. The van der Waals surface area contributed by atoms with Crippen LogP contribution in [0.15, 0.2) is 52.3 Å². The highest BCUT2D eigenvalue weighted by atomic mass is 32.2. The Bertz CT molecular complexity index is 864. The zero-order chi connectivity index (χ0) is 20.7. The van der Waals surface area contributed by atoms with Gasteiger partial charge in [-0.3, -0.25) is 0 Å². The summed E-state index contributed by atoms with van der Waals surface area (Å²) in [6.45, 7) is 8.95. The van der Waals surface area contributed by atoms with Crippen molar-refractivity contribution in [2.24, 2.45) is 0 Å². The van der Waals surface area contributed by atoms with Crippen LogP contribution in [0.2, 0.25) is 0 Å². The van der Waals surface area contributed by atoms with Gasteiger partial charge in [0.1, 0.15) is 5.75 Å². The van der Waals surface area contributed by atoms with Crippen LogP contribution in [0.25, 0.3) is 0 Å². The van der Waals surface area contributed by atoms with Crippen molar-refractivity contribution in [1.82, 2.24) is 4.31 Å². The Balaban J connectivity index is 2.14. The van der Waals surface area contributed by atoms with E-state index in [2.05, 4.69) is 6.92 Å². The molecule has 0 heterocycles. The summed E-state index contributed by atoms with van der Waals surface area (Å²) >= 11 is 1.62. The third-order valence-corrected chi connectivity index (χ3v) is 7.50. The van der Waals surface area contributed by atoms with E-state index in [0.29, 0.717) is 18.0 Å². The van der Waals surface area contributed by atoms with Crippen LogP contribution in [0.3, 0.4) is 0 Å². The average molecular weight is 422 g/mol. The van der Waals surface area contributed by atoms with Gasteiger partial charge in [0.2, 0.25) is 10.0 Å². The molecule has 4 nitrogen and oxygen atoms in total. The smallest absolute Gasteiger partial charge is 0.243 e. The average Bonchev–Trinajstić information content (AvgIpc) is 2.65. The van der Waals surface area contributed by atoms with Crippen LogP contribution in [0.4, 0.5) is 0 Å². The van der Waals surface area contributed by atoms with Gasteiger partial charge in [0.25, 0.3) is 0 Å². The number of aromatic hydroxyl groups is 1. The minimum atomic E-state index is -3.52. The summed E-state index contributed by atoms with van der Waals surface area (Å²) in [5.41, 5.74) is 1.98. The summed E-state index contributed by atoms with van der Waals surface area (Å²) in [5, 5.41) is 9.77. The molecule has 1 unspecified atom stereocenters. The largest absolute Gasteiger partial charge is 0.508 e. The van der Waals surface area contributed by atoms with Crippen LogP contribution < -0.4 is 0 Å². The van der Waals surface area contributed by atoms with E-state index in [1.165, 1.54) is 0 Å². The Hall–Kier alpha value is -1.50. The minimum Gasteiger partial charge on any atom is -0.508 e. The standard InChI is InChI=1S/C22H31NO3S2/c1-5-7-19-8-11-21(12-9-19)28(25,26)23(14-6-2)16-18(4)27-20-10-13-22(24)17(3)15-20/h8-13,15,18,24H,5-7,14,16H2,1-4H3. The summed E-state index contributed by atoms with van der Waals surface area (Å²) in [6, 6.07) is 12.8. The lowest BCUT2D eigenvalue weighted by Gasteiger charge is -2.25. The van der Waals surface area contributed by atoms with Gasteiger partial charge in [0, 0.05) is 23.2 Å². The predicted octanol–water partition coefficient (Wildman–Crippen LogP) is 5.23. The zero-order valence-corrected chi connectivity index (χ0v) is 18.8. The first-order chi connectivity index (χ1) is 13.3. The Morgan fingerprint density at radius 2 is 1.75 bits per heavy atom. The van der Waals surface area contributed by atoms with E-state index in [1.54, 1.807) is 34.3 Å². The molecule has 2 aromatic rings. The van der Waals surface area contributed by atoms with Gasteiger partial charge in [-0.1, -0.05) is 39.3 Å². The highest BCUT2D eigenvalue weighted by Crippen LogP contribution is 2.29. The normalized spacial score (nSPS) is 13.0. The van der Waals surface area contributed by atoms with Crippen LogP contribution in [-0.2, 0) is 16.4 Å². The Kier molecular flexibility index (Phi) is 8.40. The third kappa shape index (κ3) is 6.00. The van der Waals surface area contributed by atoms with Crippen molar-refractivity contribution in [2.45, 2.75) is 62.0 Å². The van der Waals surface area contributed by atoms with Crippen molar-refractivity contribution in [3.05, 3.63) is 53.6 Å². The summed E-state index contributed by atoms with van der Waals surface area (Å²) in [4.78, 5) is 1.39. The first-order valence-corrected chi connectivity index (χ1v) is 12.1. The van der Waals surface area contributed by atoms with Gasteiger partial charge in [-0.25, -0.2) is 8.42 Å². The maximum atomic E-state index is 13.2. The molecule has 1 N–H and O–H groups in total. The fourth-order valence-corrected chi connectivity index (χ4v) is 5.91. The van der Waals surface area contributed by atoms with Crippen LogP contribution >= 0.6 is 11.8 Å². The number of sulfonamides is 1. The van der Waals surface area contributed by atoms with Gasteiger partial charge in [0.15, 0.2) is 0 Å². The van der Waals surface area contributed by atoms with Gasteiger partial charge in [-0.05, 0) is 61.2 Å². The van der Waals surface area contributed by atoms with Gasteiger partial charge in [-0.15, -0.1) is 11.8 Å². The number of nitrogens with zero attached hydrogens (tertiary/aromatic N) is 1. The number of rotatable bonds is 10. The van der Waals surface area contributed by atoms with Crippen LogP contribution in [-0.4, -0.2) is 36.2 Å². The highest BCUT2D eigenvalue weighted by Gasteiger charge is 2.25. The molecule has 0 aromatic heterocycles. The molecule has 0 saturated carbocycles. The summed E-state index contributed by atoms with van der Waals surface area (Å²) < 4.78 is 27.9.